The molecular formula is C18H21NS. The predicted molar refractivity (Wildman–Crippen MR) is 88.2 cm³/mol. The van der Waals surface area contributed by atoms with Gasteiger partial charge in [-0.15, -0.1) is 11.3 Å². The Hall–Kier alpha value is -1.12. The Kier molecular flexibility index (Phi) is 2.97. The summed E-state index contributed by atoms with van der Waals surface area (Å²) in [7, 11) is 2.08. The van der Waals surface area contributed by atoms with Gasteiger partial charge in [0.2, 0.25) is 0 Å². The van der Waals surface area contributed by atoms with Crippen molar-refractivity contribution in [2.24, 2.45) is 11.8 Å². The highest BCUT2D eigenvalue weighted by Gasteiger charge is 2.39. The van der Waals surface area contributed by atoms with Crippen molar-refractivity contribution < 1.29 is 0 Å². The summed E-state index contributed by atoms with van der Waals surface area (Å²) in [6, 6.07) is 6.87. The van der Waals surface area contributed by atoms with Crippen LogP contribution in [0.25, 0.3) is 15.7 Å². The van der Waals surface area contributed by atoms with Crippen molar-refractivity contribution in [3.05, 3.63) is 40.3 Å². The molecule has 1 aromatic carbocycles. The molecule has 0 unspecified atom stereocenters. The van der Waals surface area contributed by atoms with Gasteiger partial charge in [-0.3, -0.25) is 0 Å². The third kappa shape index (κ3) is 1.71. The smallest absolute Gasteiger partial charge is 0.0420 e. The highest BCUT2D eigenvalue weighted by molar-refractivity contribution is 7.17. The predicted octanol–water partition coefficient (Wildman–Crippen LogP) is 4.61. The molecule has 0 amide bonds. The molecule has 1 N–H and O–H groups in total. The third-order valence-electron chi connectivity index (χ3n) is 5.13. The van der Waals surface area contributed by atoms with Gasteiger partial charge in [0.25, 0.3) is 0 Å². The molecule has 4 rings (SSSR count). The Morgan fingerprint density at radius 3 is 2.95 bits per heavy atom. The maximum atomic E-state index is 3.39. The van der Waals surface area contributed by atoms with E-state index in [4.69, 9.17) is 0 Å². The Labute approximate surface area is 124 Å². The summed E-state index contributed by atoms with van der Waals surface area (Å²) in [4.78, 5) is 0. The molecule has 2 atom stereocenters. The van der Waals surface area contributed by atoms with Crippen molar-refractivity contribution in [3.63, 3.8) is 0 Å². The van der Waals surface area contributed by atoms with Crippen molar-refractivity contribution in [2.75, 3.05) is 13.6 Å². The Morgan fingerprint density at radius 1 is 1.25 bits per heavy atom. The quantitative estimate of drug-likeness (QED) is 0.867. The molecule has 0 aliphatic heterocycles. The Morgan fingerprint density at radius 2 is 2.10 bits per heavy atom. The van der Waals surface area contributed by atoms with Crippen LogP contribution in [-0.2, 0) is 0 Å². The molecule has 104 valence electrons. The average molecular weight is 283 g/mol. The van der Waals surface area contributed by atoms with Crippen LogP contribution in [0, 0.1) is 18.8 Å². The highest BCUT2D eigenvalue weighted by Crippen LogP contribution is 2.53. The molecule has 20 heavy (non-hydrogen) atoms. The van der Waals surface area contributed by atoms with Crippen molar-refractivity contribution >= 4 is 27.0 Å². The number of hydrogen-bond acceptors (Lipinski definition) is 2. The van der Waals surface area contributed by atoms with Gasteiger partial charge in [-0.05, 0) is 78.1 Å². The molecule has 1 nitrogen and oxygen atoms in total. The second kappa shape index (κ2) is 4.71. The SMILES string of the molecule is CNCC1=C(c2cccc3c(C)csc23)[C@@H]2CC[C@H]1C2. The zero-order chi connectivity index (χ0) is 13.7. The minimum Gasteiger partial charge on any atom is -0.316 e. The second-order valence-corrected chi connectivity index (χ2v) is 7.16. The van der Waals surface area contributed by atoms with E-state index >= 15 is 0 Å². The number of aryl methyl sites for hydroxylation is 1. The van der Waals surface area contributed by atoms with Crippen molar-refractivity contribution in [1.29, 1.82) is 0 Å². The Balaban J connectivity index is 1.93. The number of nitrogens with one attached hydrogen (secondary N) is 1. The number of hydrogen-bond donors (Lipinski definition) is 1. The van der Waals surface area contributed by atoms with Gasteiger partial charge in [-0.25, -0.2) is 0 Å². The summed E-state index contributed by atoms with van der Waals surface area (Å²) >= 11 is 1.92. The van der Waals surface area contributed by atoms with Gasteiger partial charge in [-0.2, -0.15) is 0 Å². The zero-order valence-electron chi connectivity index (χ0n) is 12.2. The van der Waals surface area contributed by atoms with Crippen LogP contribution in [0.15, 0.2) is 29.2 Å². The number of fused-ring (bicyclic) bond motifs is 3. The molecule has 2 heteroatoms. The lowest BCUT2D eigenvalue weighted by Crippen LogP contribution is -2.16. The minimum atomic E-state index is 0.816. The number of thiophene rings is 1. The van der Waals surface area contributed by atoms with Crippen LogP contribution in [0.2, 0.25) is 0 Å². The maximum absolute atomic E-state index is 3.39. The van der Waals surface area contributed by atoms with Crippen molar-refractivity contribution in [1.82, 2.24) is 5.32 Å². The van der Waals surface area contributed by atoms with E-state index in [1.807, 2.05) is 11.3 Å². The van der Waals surface area contributed by atoms with Gasteiger partial charge in [-0.1, -0.05) is 18.2 Å². The maximum Gasteiger partial charge on any atom is 0.0420 e. The van der Waals surface area contributed by atoms with Crippen LogP contribution < -0.4 is 5.32 Å². The van der Waals surface area contributed by atoms with E-state index in [0.29, 0.717) is 0 Å². The topological polar surface area (TPSA) is 12.0 Å². The van der Waals surface area contributed by atoms with Gasteiger partial charge >= 0.3 is 0 Å². The molecule has 1 aromatic heterocycles. The number of benzene rings is 1. The van der Waals surface area contributed by atoms with Crippen molar-refractivity contribution in [2.45, 2.75) is 26.2 Å². The molecule has 0 radical (unpaired) electrons. The molecule has 0 saturated heterocycles. The van der Waals surface area contributed by atoms with Crippen LogP contribution >= 0.6 is 11.3 Å². The Bertz CT molecular complexity index is 695. The van der Waals surface area contributed by atoms with E-state index in [1.165, 1.54) is 40.5 Å². The number of allylic oxidation sites excluding steroid dienone is 1. The summed E-state index contributed by atoms with van der Waals surface area (Å²) in [5.74, 6) is 1.66. The summed E-state index contributed by atoms with van der Waals surface area (Å²) in [5.41, 5.74) is 6.33. The van der Waals surface area contributed by atoms with E-state index in [1.54, 1.807) is 11.1 Å². The number of rotatable bonds is 3. The van der Waals surface area contributed by atoms with Crippen LogP contribution in [0.1, 0.15) is 30.4 Å². The monoisotopic (exact) mass is 283 g/mol. The van der Waals surface area contributed by atoms with Crippen LogP contribution in [0.4, 0.5) is 0 Å². The van der Waals surface area contributed by atoms with Crippen LogP contribution in [-0.4, -0.2) is 13.6 Å². The van der Waals surface area contributed by atoms with Crippen molar-refractivity contribution in [3.8, 4) is 0 Å². The summed E-state index contributed by atoms with van der Waals surface area (Å²) < 4.78 is 1.50. The van der Waals surface area contributed by atoms with E-state index < -0.39 is 0 Å². The van der Waals surface area contributed by atoms with E-state index in [-0.39, 0.29) is 0 Å². The lowest BCUT2D eigenvalue weighted by molar-refractivity contribution is 0.627. The van der Waals surface area contributed by atoms with E-state index in [9.17, 15) is 0 Å². The molecule has 0 spiro atoms. The number of likely N-dealkylation sites (N-methyl/N-ethyl adjacent to an activating group) is 1. The third-order valence-corrected chi connectivity index (χ3v) is 6.28. The molecular weight excluding hydrogens is 262 g/mol. The molecule has 2 aliphatic rings. The highest BCUT2D eigenvalue weighted by atomic mass is 32.1. The standard InChI is InChI=1S/C18H21NS/c1-11-10-20-18-14(11)4-3-5-15(18)17-13-7-6-12(8-13)16(17)9-19-2/h3-5,10,12-13,19H,6-9H2,1-2H3/t12-,13+/m0/s1. The first-order chi connectivity index (χ1) is 9.79. The lowest BCUT2D eigenvalue weighted by atomic mass is 9.86. The fourth-order valence-corrected chi connectivity index (χ4v) is 5.35. The molecule has 2 bridgehead atoms. The molecule has 1 heterocycles. The van der Waals surface area contributed by atoms with Gasteiger partial charge in [0.05, 0.1) is 0 Å². The van der Waals surface area contributed by atoms with Crippen LogP contribution in [0.5, 0.6) is 0 Å². The zero-order valence-corrected chi connectivity index (χ0v) is 13.0. The normalized spacial score (nSPS) is 25.1. The minimum absolute atomic E-state index is 0.816. The summed E-state index contributed by atoms with van der Waals surface area (Å²) in [5, 5.41) is 7.15. The first-order valence-electron chi connectivity index (χ1n) is 7.64. The first kappa shape index (κ1) is 12.6. The largest absolute Gasteiger partial charge is 0.316 e. The first-order valence-corrected chi connectivity index (χ1v) is 8.52. The van der Waals surface area contributed by atoms with E-state index in [2.05, 4.69) is 42.9 Å². The van der Waals surface area contributed by atoms with Gasteiger partial charge < -0.3 is 5.32 Å². The van der Waals surface area contributed by atoms with E-state index in [0.717, 1.165) is 18.4 Å². The fraction of sp³-hybridized carbons (Fsp3) is 0.444. The molecule has 1 saturated carbocycles. The van der Waals surface area contributed by atoms with Gasteiger partial charge in [0, 0.05) is 11.2 Å². The second-order valence-electron chi connectivity index (χ2n) is 6.28. The molecule has 2 aromatic rings. The summed E-state index contributed by atoms with van der Waals surface area (Å²) in [6.07, 6.45) is 4.20. The lowest BCUT2D eigenvalue weighted by Gasteiger charge is -2.21. The molecule has 1 fully saturated rings. The van der Waals surface area contributed by atoms with Gasteiger partial charge in [0.1, 0.15) is 0 Å². The average Bonchev–Trinajstić information content (AvgIpc) is 3.14. The summed E-state index contributed by atoms with van der Waals surface area (Å²) in [6.45, 7) is 3.30. The van der Waals surface area contributed by atoms with Crippen LogP contribution in [0.3, 0.4) is 0 Å². The van der Waals surface area contributed by atoms with Gasteiger partial charge in [0.15, 0.2) is 0 Å². The molecule has 2 aliphatic carbocycles. The fourth-order valence-electron chi connectivity index (χ4n) is 4.26.